The number of primary amides is 1. The van der Waals surface area contributed by atoms with Gasteiger partial charge in [0.05, 0.1) is 7.11 Å². The molecule has 0 fully saturated rings. The fraction of sp³-hybridized carbons (Fsp3) is 0.300. The number of methoxy groups -OCH3 is 1. The second kappa shape index (κ2) is 5.00. The van der Waals surface area contributed by atoms with Crippen LogP contribution in [-0.2, 0) is 4.79 Å². The molecule has 1 rings (SSSR count). The van der Waals surface area contributed by atoms with Crippen molar-refractivity contribution in [1.82, 2.24) is 0 Å². The Balaban J connectivity index is 3.05. The van der Waals surface area contributed by atoms with Crippen molar-refractivity contribution in [2.45, 2.75) is 12.5 Å². The molecule has 0 spiro atoms. The molecule has 5 heteroatoms. The molecule has 0 radical (unpaired) electrons. The molecule has 0 aliphatic carbocycles. The van der Waals surface area contributed by atoms with E-state index in [1.165, 1.54) is 7.11 Å². The van der Waals surface area contributed by atoms with E-state index in [4.69, 9.17) is 27.8 Å². The second-order valence-electron chi connectivity index (χ2n) is 3.13. The largest absolute Gasteiger partial charge is 0.496 e. The Labute approximate surface area is 93.1 Å². The maximum absolute atomic E-state index is 10.8. The zero-order chi connectivity index (χ0) is 11.4. The molecule has 1 aromatic rings. The normalized spacial score (nSPS) is 12.2. The van der Waals surface area contributed by atoms with Gasteiger partial charge in [0, 0.05) is 23.0 Å². The van der Waals surface area contributed by atoms with E-state index in [2.05, 4.69) is 0 Å². The number of hydrogen-bond donors (Lipinski definition) is 2. The minimum atomic E-state index is -0.536. The smallest absolute Gasteiger partial charge is 0.219 e. The van der Waals surface area contributed by atoms with Gasteiger partial charge in [-0.1, -0.05) is 17.7 Å². The number of halogens is 1. The highest BCUT2D eigenvalue weighted by molar-refractivity contribution is 6.31. The summed E-state index contributed by atoms with van der Waals surface area (Å²) < 4.78 is 5.11. The molecule has 1 atom stereocenters. The van der Waals surface area contributed by atoms with Gasteiger partial charge in [0.15, 0.2) is 0 Å². The Morgan fingerprint density at radius 3 is 2.80 bits per heavy atom. The Hall–Kier alpha value is -1.26. The molecule has 0 saturated heterocycles. The summed E-state index contributed by atoms with van der Waals surface area (Å²) in [6.07, 6.45) is 0.0418. The molecule has 0 bridgehead atoms. The molecule has 1 amide bonds. The van der Waals surface area contributed by atoms with E-state index >= 15 is 0 Å². The van der Waals surface area contributed by atoms with Gasteiger partial charge >= 0.3 is 0 Å². The number of ether oxygens (including phenoxy) is 1. The highest BCUT2D eigenvalue weighted by Gasteiger charge is 2.17. The molecule has 0 heterocycles. The highest BCUT2D eigenvalue weighted by Crippen LogP contribution is 2.32. The van der Waals surface area contributed by atoms with Gasteiger partial charge in [-0.05, 0) is 12.1 Å². The lowest BCUT2D eigenvalue weighted by molar-refractivity contribution is -0.118. The number of nitrogens with two attached hydrogens (primary N) is 2. The zero-order valence-electron chi connectivity index (χ0n) is 8.37. The van der Waals surface area contributed by atoms with Crippen molar-refractivity contribution in [1.29, 1.82) is 0 Å². The van der Waals surface area contributed by atoms with Crippen LogP contribution >= 0.6 is 11.6 Å². The van der Waals surface area contributed by atoms with Gasteiger partial charge in [-0.25, -0.2) is 0 Å². The summed E-state index contributed by atoms with van der Waals surface area (Å²) in [7, 11) is 1.52. The van der Waals surface area contributed by atoms with Crippen molar-refractivity contribution in [3.8, 4) is 5.75 Å². The summed E-state index contributed by atoms with van der Waals surface area (Å²) >= 11 is 5.97. The lowest BCUT2D eigenvalue weighted by Gasteiger charge is -2.15. The standard InChI is InChI=1S/C10H13ClN2O2/c1-15-8-4-2-3-6(11)10(8)7(12)5-9(13)14/h2-4,7H,5,12H2,1H3,(H2,13,14)/t7-/m1/s1. The van der Waals surface area contributed by atoms with E-state index in [0.29, 0.717) is 16.3 Å². The van der Waals surface area contributed by atoms with Gasteiger partial charge in [0.2, 0.25) is 5.91 Å². The van der Waals surface area contributed by atoms with E-state index in [1.54, 1.807) is 18.2 Å². The van der Waals surface area contributed by atoms with E-state index < -0.39 is 11.9 Å². The van der Waals surface area contributed by atoms with Crippen LogP contribution in [0.3, 0.4) is 0 Å². The van der Waals surface area contributed by atoms with Crippen molar-refractivity contribution < 1.29 is 9.53 Å². The Morgan fingerprint density at radius 1 is 1.60 bits per heavy atom. The third-order valence-corrected chi connectivity index (χ3v) is 2.35. The fourth-order valence-electron chi connectivity index (χ4n) is 1.37. The lowest BCUT2D eigenvalue weighted by atomic mass is 10.0. The summed E-state index contributed by atoms with van der Waals surface area (Å²) in [5, 5.41) is 0.475. The van der Waals surface area contributed by atoms with Gasteiger partial charge in [0.1, 0.15) is 5.75 Å². The number of rotatable bonds is 4. The van der Waals surface area contributed by atoms with Gasteiger partial charge in [-0.3, -0.25) is 4.79 Å². The number of amides is 1. The summed E-state index contributed by atoms with van der Waals surface area (Å²) in [6, 6.07) is 4.65. The summed E-state index contributed by atoms with van der Waals surface area (Å²) in [5.74, 6) is 0.0979. The number of carbonyl (C=O) groups excluding carboxylic acids is 1. The van der Waals surface area contributed by atoms with Crippen molar-refractivity contribution >= 4 is 17.5 Å². The van der Waals surface area contributed by atoms with Crippen LogP contribution in [-0.4, -0.2) is 13.0 Å². The summed E-state index contributed by atoms with van der Waals surface area (Å²) in [4.78, 5) is 10.8. The SMILES string of the molecule is COc1cccc(Cl)c1[C@H](N)CC(N)=O. The first-order valence-electron chi connectivity index (χ1n) is 4.42. The number of benzene rings is 1. The van der Waals surface area contributed by atoms with Crippen LogP contribution in [0.4, 0.5) is 0 Å². The van der Waals surface area contributed by atoms with Crippen molar-refractivity contribution in [3.63, 3.8) is 0 Å². The predicted molar refractivity (Wildman–Crippen MR) is 58.7 cm³/mol. The van der Waals surface area contributed by atoms with Crippen LogP contribution in [0.15, 0.2) is 18.2 Å². The summed E-state index contributed by atoms with van der Waals surface area (Å²) in [6.45, 7) is 0. The third kappa shape index (κ3) is 2.84. The highest BCUT2D eigenvalue weighted by atomic mass is 35.5. The molecule has 1 aromatic carbocycles. The van der Waals surface area contributed by atoms with Gasteiger partial charge < -0.3 is 16.2 Å². The van der Waals surface area contributed by atoms with Crippen LogP contribution in [0.25, 0.3) is 0 Å². The van der Waals surface area contributed by atoms with Gasteiger partial charge in [-0.2, -0.15) is 0 Å². The zero-order valence-corrected chi connectivity index (χ0v) is 9.12. The van der Waals surface area contributed by atoms with E-state index in [9.17, 15) is 4.79 Å². The van der Waals surface area contributed by atoms with Crippen LogP contribution < -0.4 is 16.2 Å². The Morgan fingerprint density at radius 2 is 2.27 bits per heavy atom. The fourth-order valence-corrected chi connectivity index (χ4v) is 1.68. The number of carbonyl (C=O) groups is 1. The van der Waals surface area contributed by atoms with Crippen LogP contribution in [0, 0.1) is 0 Å². The van der Waals surface area contributed by atoms with Crippen LogP contribution in [0.5, 0.6) is 5.75 Å². The van der Waals surface area contributed by atoms with Crippen molar-refractivity contribution in [3.05, 3.63) is 28.8 Å². The molecule has 15 heavy (non-hydrogen) atoms. The maximum atomic E-state index is 10.8. The first kappa shape index (κ1) is 11.8. The first-order valence-corrected chi connectivity index (χ1v) is 4.80. The lowest BCUT2D eigenvalue weighted by Crippen LogP contribution is -2.21. The summed E-state index contributed by atoms with van der Waals surface area (Å²) in [5.41, 5.74) is 11.5. The van der Waals surface area contributed by atoms with E-state index in [-0.39, 0.29) is 6.42 Å². The van der Waals surface area contributed by atoms with Gasteiger partial charge in [-0.15, -0.1) is 0 Å². The Kier molecular flexibility index (Phi) is 3.94. The number of hydrogen-bond acceptors (Lipinski definition) is 3. The molecular formula is C10H13ClN2O2. The molecule has 4 N–H and O–H groups in total. The maximum Gasteiger partial charge on any atom is 0.219 e. The average molecular weight is 229 g/mol. The molecule has 4 nitrogen and oxygen atoms in total. The monoisotopic (exact) mass is 228 g/mol. The first-order chi connectivity index (χ1) is 7.06. The quantitative estimate of drug-likeness (QED) is 0.814. The second-order valence-corrected chi connectivity index (χ2v) is 3.54. The van der Waals surface area contributed by atoms with E-state index in [0.717, 1.165) is 0 Å². The molecule has 82 valence electrons. The van der Waals surface area contributed by atoms with Crippen LogP contribution in [0.2, 0.25) is 5.02 Å². The third-order valence-electron chi connectivity index (χ3n) is 2.02. The Bertz CT molecular complexity index is 368. The average Bonchev–Trinajstić information content (AvgIpc) is 2.15. The predicted octanol–water partition coefficient (Wildman–Crippen LogP) is 1.22. The van der Waals surface area contributed by atoms with E-state index in [1.807, 2.05) is 0 Å². The minimum absolute atomic E-state index is 0.0418. The topological polar surface area (TPSA) is 78.3 Å². The molecule has 0 aliphatic heterocycles. The van der Waals surface area contributed by atoms with Crippen molar-refractivity contribution in [2.75, 3.05) is 7.11 Å². The molecule has 0 aromatic heterocycles. The minimum Gasteiger partial charge on any atom is -0.496 e. The molecule has 0 unspecified atom stereocenters. The van der Waals surface area contributed by atoms with Gasteiger partial charge in [0.25, 0.3) is 0 Å². The molecule has 0 aliphatic rings. The van der Waals surface area contributed by atoms with Crippen molar-refractivity contribution in [2.24, 2.45) is 11.5 Å². The molecular weight excluding hydrogens is 216 g/mol. The van der Waals surface area contributed by atoms with Crippen LogP contribution in [0.1, 0.15) is 18.0 Å². The molecule has 0 saturated carbocycles.